The van der Waals surface area contributed by atoms with Crippen LogP contribution in [-0.4, -0.2) is 51.0 Å². The average molecular weight is 608 g/mol. The lowest BCUT2D eigenvalue weighted by Crippen LogP contribution is -2.34. The summed E-state index contributed by atoms with van der Waals surface area (Å²) >= 11 is 0. The van der Waals surface area contributed by atoms with Gasteiger partial charge in [0.05, 0.1) is 29.8 Å². The molecule has 0 aliphatic carbocycles. The number of halogens is 6. The maximum atomic E-state index is 13.6. The molecule has 1 fully saturated rings. The lowest BCUT2D eigenvalue weighted by atomic mass is 10.0. The van der Waals surface area contributed by atoms with E-state index in [0.29, 0.717) is 31.1 Å². The Bertz CT molecular complexity index is 1550. The topological polar surface area (TPSA) is 72.2 Å². The molecule has 4 aromatic rings. The molecule has 43 heavy (non-hydrogen) atoms. The monoisotopic (exact) mass is 607 g/mol. The first-order valence-electron chi connectivity index (χ1n) is 13.8. The maximum absolute atomic E-state index is 13.6. The van der Waals surface area contributed by atoms with Crippen LogP contribution in [0.5, 0.6) is 0 Å². The molecule has 1 atom stereocenters. The van der Waals surface area contributed by atoms with E-state index >= 15 is 0 Å². The highest BCUT2D eigenvalue weighted by Crippen LogP contribution is 2.37. The second kappa shape index (κ2) is 12.0. The molecule has 0 bridgehead atoms. The molecule has 14 heteroatoms. The molecule has 0 radical (unpaired) electrons. The number of ether oxygens (including phenoxy) is 1. The summed E-state index contributed by atoms with van der Waals surface area (Å²) in [6.07, 6.45) is -8.05. The molecule has 0 unspecified atom stereocenters. The van der Waals surface area contributed by atoms with Gasteiger partial charge in [0, 0.05) is 43.7 Å². The van der Waals surface area contributed by atoms with Crippen molar-refractivity contribution in [2.45, 2.75) is 58.2 Å². The molecule has 0 spiro atoms. The van der Waals surface area contributed by atoms with Crippen molar-refractivity contribution >= 4 is 22.7 Å². The Balaban J connectivity index is 1.60. The highest BCUT2D eigenvalue weighted by Gasteiger charge is 2.37. The van der Waals surface area contributed by atoms with Crippen LogP contribution in [0.1, 0.15) is 47.6 Å². The van der Waals surface area contributed by atoms with E-state index in [1.54, 1.807) is 0 Å². The van der Waals surface area contributed by atoms with Crippen molar-refractivity contribution in [3.8, 4) is 0 Å². The molecule has 3 heterocycles. The molecule has 2 aromatic heterocycles. The summed E-state index contributed by atoms with van der Waals surface area (Å²) < 4.78 is 87.7. The van der Waals surface area contributed by atoms with Gasteiger partial charge in [-0.2, -0.15) is 31.1 Å². The molecule has 1 aliphatic heterocycles. The van der Waals surface area contributed by atoms with Crippen molar-refractivity contribution in [2.75, 3.05) is 29.5 Å². The minimum Gasteiger partial charge on any atom is -0.376 e. The third kappa shape index (κ3) is 7.00. The first-order valence-corrected chi connectivity index (χ1v) is 13.8. The third-order valence-corrected chi connectivity index (χ3v) is 7.40. The van der Waals surface area contributed by atoms with E-state index in [2.05, 4.69) is 20.3 Å². The van der Waals surface area contributed by atoms with Gasteiger partial charge in [0.25, 0.3) is 5.95 Å². The highest BCUT2D eigenvalue weighted by atomic mass is 19.4. The largest absolute Gasteiger partial charge is 0.416 e. The number of aryl methyl sites for hydroxylation is 2. The van der Waals surface area contributed by atoms with Gasteiger partial charge in [-0.15, -0.1) is 5.10 Å². The van der Waals surface area contributed by atoms with Crippen LogP contribution in [0.2, 0.25) is 0 Å². The molecular formula is C29H31F6N7O. The Morgan fingerprint density at radius 2 is 1.70 bits per heavy atom. The van der Waals surface area contributed by atoms with E-state index in [1.807, 2.05) is 38.1 Å². The van der Waals surface area contributed by atoms with Crippen LogP contribution in [0.15, 0.2) is 42.5 Å². The number of nitrogens with zero attached hydrogens (tertiary/aromatic N) is 7. The van der Waals surface area contributed by atoms with Crippen molar-refractivity contribution in [3.63, 3.8) is 0 Å². The van der Waals surface area contributed by atoms with E-state index in [-0.39, 0.29) is 36.8 Å². The smallest absolute Gasteiger partial charge is 0.376 e. The van der Waals surface area contributed by atoms with Crippen molar-refractivity contribution in [1.82, 2.24) is 25.2 Å². The second-order valence-corrected chi connectivity index (χ2v) is 10.6. The number of fused-ring (bicyclic) bond motifs is 1. The summed E-state index contributed by atoms with van der Waals surface area (Å²) in [4.78, 5) is 9.79. The molecule has 2 aromatic carbocycles. The van der Waals surface area contributed by atoms with E-state index in [1.165, 1.54) is 16.7 Å². The SMILES string of the molecule is CCN(C[C@H]1CCCO1)c1nc2c(C)cccc2cc1CN(Cc1cc(C(F)(F)F)cc(C(F)(F)F)c1)c1nnn(C)n1. The second-order valence-electron chi connectivity index (χ2n) is 10.6. The average Bonchev–Trinajstić information content (AvgIpc) is 3.62. The fraction of sp³-hybridized carbons (Fsp3) is 0.448. The Labute approximate surface area is 244 Å². The number of rotatable bonds is 9. The lowest BCUT2D eigenvalue weighted by Gasteiger charge is -2.29. The van der Waals surface area contributed by atoms with E-state index in [4.69, 9.17) is 9.72 Å². The first-order chi connectivity index (χ1) is 20.3. The maximum Gasteiger partial charge on any atom is 0.416 e. The van der Waals surface area contributed by atoms with Crippen molar-refractivity contribution in [1.29, 1.82) is 0 Å². The number of benzene rings is 2. The standard InChI is InChI=1S/C29H31F6N7O/c1-4-41(17-24-9-6-10-43-24)26-21(13-20-8-5-7-18(2)25(20)36-26)16-42(27-37-39-40(3)38-27)15-19-11-22(28(30,31)32)14-23(12-19)29(33,34)35/h5,7-8,11-14,24H,4,6,9-10,15-17H2,1-3H3/t24-/m1/s1. The number of aromatic nitrogens is 5. The summed E-state index contributed by atoms with van der Waals surface area (Å²) in [6.45, 7) is 5.51. The third-order valence-electron chi connectivity index (χ3n) is 7.40. The van der Waals surface area contributed by atoms with Gasteiger partial charge >= 0.3 is 12.4 Å². The molecule has 5 rings (SSSR count). The minimum absolute atomic E-state index is 0.0193. The van der Waals surface area contributed by atoms with Gasteiger partial charge in [0.1, 0.15) is 5.82 Å². The number of tetrazole rings is 1. The van der Waals surface area contributed by atoms with Gasteiger partial charge in [0.2, 0.25) is 0 Å². The number of anilines is 2. The van der Waals surface area contributed by atoms with Gasteiger partial charge in [0.15, 0.2) is 0 Å². The van der Waals surface area contributed by atoms with Gasteiger partial charge in [-0.25, -0.2) is 4.98 Å². The molecule has 0 N–H and O–H groups in total. The zero-order chi connectivity index (χ0) is 30.9. The normalized spacial score (nSPS) is 15.8. The molecule has 8 nitrogen and oxygen atoms in total. The van der Waals surface area contributed by atoms with E-state index in [9.17, 15) is 26.3 Å². The van der Waals surface area contributed by atoms with Crippen LogP contribution in [0, 0.1) is 6.92 Å². The van der Waals surface area contributed by atoms with E-state index in [0.717, 1.165) is 41.4 Å². The minimum atomic E-state index is -4.97. The summed E-state index contributed by atoms with van der Waals surface area (Å²) in [7, 11) is 1.52. The van der Waals surface area contributed by atoms with Crippen molar-refractivity contribution in [3.05, 3.63) is 70.3 Å². The summed E-state index contributed by atoms with van der Waals surface area (Å²) in [5, 5.41) is 13.0. The van der Waals surface area contributed by atoms with Crippen LogP contribution < -0.4 is 9.80 Å². The van der Waals surface area contributed by atoms with Crippen LogP contribution >= 0.6 is 0 Å². The van der Waals surface area contributed by atoms with Crippen LogP contribution in [-0.2, 0) is 37.2 Å². The Morgan fingerprint density at radius 3 is 2.28 bits per heavy atom. The van der Waals surface area contributed by atoms with Gasteiger partial charge in [-0.05, 0) is 67.3 Å². The fourth-order valence-corrected chi connectivity index (χ4v) is 5.31. The predicted octanol–water partition coefficient (Wildman–Crippen LogP) is 6.32. The summed E-state index contributed by atoms with van der Waals surface area (Å²) in [6, 6.07) is 9.26. The molecule has 0 amide bonds. The van der Waals surface area contributed by atoms with Gasteiger partial charge in [-0.1, -0.05) is 23.3 Å². The Kier molecular flexibility index (Phi) is 8.50. The highest BCUT2D eigenvalue weighted by molar-refractivity contribution is 5.84. The molecule has 1 aliphatic rings. The molecule has 230 valence electrons. The number of hydrogen-bond acceptors (Lipinski definition) is 7. The summed E-state index contributed by atoms with van der Waals surface area (Å²) in [5.74, 6) is 0.694. The lowest BCUT2D eigenvalue weighted by molar-refractivity contribution is -0.143. The zero-order valence-electron chi connectivity index (χ0n) is 23.9. The quantitative estimate of drug-likeness (QED) is 0.206. The first kappa shape index (κ1) is 30.5. The predicted molar refractivity (Wildman–Crippen MR) is 148 cm³/mol. The van der Waals surface area contributed by atoms with Gasteiger partial charge < -0.3 is 14.5 Å². The van der Waals surface area contributed by atoms with Crippen molar-refractivity contribution < 1.29 is 31.1 Å². The fourth-order valence-electron chi connectivity index (χ4n) is 5.31. The molecule has 1 saturated heterocycles. The molecular weight excluding hydrogens is 576 g/mol. The van der Waals surface area contributed by atoms with Crippen LogP contribution in [0.3, 0.4) is 0 Å². The van der Waals surface area contributed by atoms with E-state index < -0.39 is 23.5 Å². The number of pyridine rings is 1. The Morgan fingerprint density at radius 1 is 0.977 bits per heavy atom. The number of para-hydroxylation sites is 1. The summed E-state index contributed by atoms with van der Waals surface area (Å²) in [5.41, 5.74) is -0.511. The Hall–Kier alpha value is -3.94. The number of alkyl halides is 6. The van der Waals surface area contributed by atoms with Crippen LogP contribution in [0.4, 0.5) is 38.1 Å². The zero-order valence-corrected chi connectivity index (χ0v) is 23.9. The van der Waals surface area contributed by atoms with Crippen molar-refractivity contribution in [2.24, 2.45) is 7.05 Å². The number of likely N-dealkylation sites (N-methyl/N-ethyl adjacent to an activating group) is 1. The van der Waals surface area contributed by atoms with Gasteiger partial charge in [-0.3, -0.25) is 0 Å². The molecule has 0 saturated carbocycles. The number of hydrogen-bond donors (Lipinski definition) is 0. The van der Waals surface area contributed by atoms with Crippen LogP contribution in [0.25, 0.3) is 10.9 Å².